The molecule has 4 heteroatoms. The highest BCUT2D eigenvalue weighted by atomic mass is 16.3. The Morgan fingerprint density at radius 1 is 0.577 bits per heavy atom. The molecule has 0 fully saturated rings. The molecule has 2 aromatic carbocycles. The first-order chi connectivity index (χ1) is 12.7. The minimum atomic E-state index is -0.854. The molecule has 4 N–H and O–H groups in total. The molecular formula is C22H20N2O2. The molecule has 0 bridgehead atoms. The Morgan fingerprint density at radius 3 is 1.35 bits per heavy atom. The van der Waals surface area contributed by atoms with Gasteiger partial charge in [0.25, 0.3) is 0 Å². The Balaban J connectivity index is 2.05. The normalized spacial score (nSPS) is 26.3. The standard InChI is InChI=1S/C22H20N2O2/c25-19-11-3-1-9-17(19)21(13-5-7-15-23-21)22(14-6-8-16-24-22)18-10-2-4-12-20(18)26/h1-16,23-26H. The number of dihydropyridines is 2. The van der Waals surface area contributed by atoms with Crippen molar-refractivity contribution < 1.29 is 10.2 Å². The smallest absolute Gasteiger partial charge is 0.121 e. The number of hydrogen-bond acceptors (Lipinski definition) is 4. The quantitative estimate of drug-likeness (QED) is 0.688. The third-order valence-corrected chi connectivity index (χ3v) is 5.01. The molecule has 26 heavy (non-hydrogen) atoms. The molecule has 0 radical (unpaired) electrons. The molecule has 2 atom stereocenters. The summed E-state index contributed by atoms with van der Waals surface area (Å²) in [5.41, 5.74) is -0.298. The third kappa shape index (κ3) is 2.23. The second kappa shape index (κ2) is 6.15. The molecular weight excluding hydrogens is 324 g/mol. The van der Waals surface area contributed by atoms with E-state index >= 15 is 0 Å². The maximum absolute atomic E-state index is 10.7. The first-order valence-electron chi connectivity index (χ1n) is 8.51. The van der Waals surface area contributed by atoms with E-state index in [1.807, 2.05) is 73.1 Å². The summed E-state index contributed by atoms with van der Waals surface area (Å²) in [5, 5.41) is 28.2. The van der Waals surface area contributed by atoms with E-state index in [0.29, 0.717) is 11.1 Å². The summed E-state index contributed by atoms with van der Waals surface area (Å²) >= 11 is 0. The molecule has 2 aliphatic heterocycles. The van der Waals surface area contributed by atoms with E-state index in [0.717, 1.165) is 0 Å². The predicted octanol–water partition coefficient (Wildman–Crippen LogP) is 3.53. The average molecular weight is 344 g/mol. The number of nitrogens with one attached hydrogen (secondary N) is 2. The maximum atomic E-state index is 10.7. The number of benzene rings is 2. The van der Waals surface area contributed by atoms with Gasteiger partial charge in [0.1, 0.15) is 22.6 Å². The molecule has 0 aliphatic carbocycles. The lowest BCUT2D eigenvalue weighted by Crippen LogP contribution is -2.61. The Morgan fingerprint density at radius 2 is 1.00 bits per heavy atom. The Labute approximate surface area is 152 Å². The van der Waals surface area contributed by atoms with E-state index in [1.165, 1.54) is 0 Å². The molecule has 2 aromatic rings. The van der Waals surface area contributed by atoms with Crippen molar-refractivity contribution in [3.63, 3.8) is 0 Å². The zero-order valence-corrected chi connectivity index (χ0v) is 14.1. The van der Waals surface area contributed by atoms with E-state index in [1.54, 1.807) is 24.3 Å². The van der Waals surface area contributed by atoms with Crippen LogP contribution in [0.1, 0.15) is 11.1 Å². The van der Waals surface area contributed by atoms with Crippen molar-refractivity contribution in [2.45, 2.75) is 11.1 Å². The summed E-state index contributed by atoms with van der Waals surface area (Å²) in [6.45, 7) is 0. The molecule has 130 valence electrons. The molecule has 0 saturated heterocycles. The molecule has 4 nitrogen and oxygen atoms in total. The van der Waals surface area contributed by atoms with Gasteiger partial charge in [-0.1, -0.05) is 60.7 Å². The van der Waals surface area contributed by atoms with Crippen LogP contribution in [0.5, 0.6) is 11.5 Å². The van der Waals surface area contributed by atoms with Gasteiger partial charge >= 0.3 is 0 Å². The van der Waals surface area contributed by atoms with Crippen LogP contribution in [0.3, 0.4) is 0 Å². The van der Waals surface area contributed by atoms with Crippen LogP contribution in [0.25, 0.3) is 0 Å². The molecule has 0 saturated carbocycles. The number of para-hydroxylation sites is 2. The van der Waals surface area contributed by atoms with Gasteiger partial charge in [0, 0.05) is 11.1 Å². The zero-order chi connectivity index (χ0) is 18.0. The van der Waals surface area contributed by atoms with Gasteiger partial charge in [-0.25, -0.2) is 0 Å². The van der Waals surface area contributed by atoms with Crippen LogP contribution in [0.15, 0.2) is 97.4 Å². The molecule has 2 unspecified atom stereocenters. The second-order valence-corrected chi connectivity index (χ2v) is 6.38. The summed E-state index contributed by atoms with van der Waals surface area (Å²) < 4.78 is 0. The lowest BCUT2D eigenvalue weighted by Gasteiger charge is -2.50. The number of hydrogen-bond donors (Lipinski definition) is 4. The van der Waals surface area contributed by atoms with Gasteiger partial charge in [0.2, 0.25) is 0 Å². The van der Waals surface area contributed by atoms with Crippen molar-refractivity contribution in [1.29, 1.82) is 0 Å². The van der Waals surface area contributed by atoms with Crippen LogP contribution in [0.2, 0.25) is 0 Å². The average Bonchev–Trinajstić information content (AvgIpc) is 2.70. The van der Waals surface area contributed by atoms with Crippen LogP contribution in [-0.2, 0) is 11.1 Å². The highest BCUT2D eigenvalue weighted by Gasteiger charge is 2.53. The van der Waals surface area contributed by atoms with Gasteiger partial charge in [0.05, 0.1) is 0 Å². The fourth-order valence-electron chi connectivity index (χ4n) is 3.83. The number of rotatable bonds is 3. The van der Waals surface area contributed by atoms with Gasteiger partial charge in [-0.2, -0.15) is 0 Å². The van der Waals surface area contributed by atoms with Gasteiger partial charge in [-0.05, 0) is 36.7 Å². The monoisotopic (exact) mass is 344 g/mol. The molecule has 0 amide bonds. The topological polar surface area (TPSA) is 64.5 Å². The van der Waals surface area contributed by atoms with Gasteiger partial charge in [0.15, 0.2) is 0 Å². The van der Waals surface area contributed by atoms with Crippen molar-refractivity contribution in [2.75, 3.05) is 0 Å². The number of phenolic OH excluding ortho intramolecular Hbond substituents is 2. The zero-order valence-electron chi connectivity index (χ0n) is 14.1. The number of phenols is 2. The third-order valence-electron chi connectivity index (χ3n) is 5.01. The van der Waals surface area contributed by atoms with E-state index in [-0.39, 0.29) is 11.5 Å². The Hall–Kier alpha value is -3.40. The van der Waals surface area contributed by atoms with Crippen LogP contribution in [-0.4, -0.2) is 10.2 Å². The van der Waals surface area contributed by atoms with E-state index in [4.69, 9.17) is 0 Å². The van der Waals surface area contributed by atoms with Crippen molar-refractivity contribution >= 4 is 0 Å². The Kier molecular flexibility index (Phi) is 3.81. The minimum absolute atomic E-state index is 0.180. The summed E-state index contributed by atoms with van der Waals surface area (Å²) in [5.74, 6) is 0.360. The predicted molar refractivity (Wildman–Crippen MR) is 102 cm³/mol. The molecule has 4 rings (SSSR count). The lowest BCUT2D eigenvalue weighted by atomic mass is 9.66. The number of allylic oxidation sites excluding steroid dienone is 4. The summed E-state index contributed by atoms with van der Waals surface area (Å²) in [7, 11) is 0. The van der Waals surface area contributed by atoms with Gasteiger partial charge in [-0.15, -0.1) is 0 Å². The van der Waals surface area contributed by atoms with Gasteiger partial charge < -0.3 is 20.8 Å². The first-order valence-corrected chi connectivity index (χ1v) is 8.51. The molecule has 2 heterocycles. The largest absolute Gasteiger partial charge is 0.508 e. The van der Waals surface area contributed by atoms with Crippen LogP contribution in [0.4, 0.5) is 0 Å². The SMILES string of the molecule is Oc1ccccc1C1(C2(c3ccccc3O)C=CC=CN2)C=CC=CN1. The first kappa shape index (κ1) is 16.1. The van der Waals surface area contributed by atoms with Crippen molar-refractivity contribution in [1.82, 2.24) is 10.6 Å². The molecule has 0 aromatic heterocycles. The minimum Gasteiger partial charge on any atom is -0.508 e. The van der Waals surface area contributed by atoms with Crippen LogP contribution >= 0.6 is 0 Å². The summed E-state index contributed by atoms with van der Waals surface area (Å²) in [6, 6.07) is 14.5. The van der Waals surface area contributed by atoms with E-state index in [9.17, 15) is 10.2 Å². The second-order valence-electron chi connectivity index (χ2n) is 6.38. The molecule has 2 aliphatic rings. The number of aromatic hydroxyl groups is 2. The fraction of sp³-hybridized carbons (Fsp3) is 0.0909. The summed E-state index contributed by atoms with van der Waals surface area (Å²) in [4.78, 5) is 0. The van der Waals surface area contributed by atoms with E-state index in [2.05, 4.69) is 10.6 Å². The van der Waals surface area contributed by atoms with Gasteiger partial charge in [-0.3, -0.25) is 0 Å². The van der Waals surface area contributed by atoms with Crippen LogP contribution in [0, 0.1) is 0 Å². The van der Waals surface area contributed by atoms with Crippen molar-refractivity contribution in [3.05, 3.63) is 109 Å². The molecule has 0 spiro atoms. The fourth-order valence-corrected chi connectivity index (χ4v) is 3.83. The highest BCUT2D eigenvalue weighted by Crippen LogP contribution is 2.49. The van der Waals surface area contributed by atoms with E-state index < -0.39 is 11.1 Å². The van der Waals surface area contributed by atoms with Crippen molar-refractivity contribution in [3.8, 4) is 11.5 Å². The summed E-state index contributed by atoms with van der Waals surface area (Å²) in [6.07, 6.45) is 15.4. The Bertz CT molecular complexity index is 867. The maximum Gasteiger partial charge on any atom is 0.121 e. The highest BCUT2D eigenvalue weighted by molar-refractivity contribution is 5.56. The van der Waals surface area contributed by atoms with Crippen LogP contribution < -0.4 is 10.6 Å². The van der Waals surface area contributed by atoms with Crippen molar-refractivity contribution in [2.24, 2.45) is 0 Å². The lowest BCUT2D eigenvalue weighted by molar-refractivity contribution is 0.245.